The summed E-state index contributed by atoms with van der Waals surface area (Å²) >= 11 is 0. The maximum Gasteiger partial charge on any atom is 0.137 e. The van der Waals surface area contributed by atoms with E-state index in [9.17, 15) is 0 Å². The predicted molar refractivity (Wildman–Crippen MR) is 69.6 cm³/mol. The molecule has 88 valence electrons. The molecule has 17 heavy (non-hydrogen) atoms. The monoisotopic (exact) mass is 227 g/mol. The molecule has 0 aliphatic heterocycles. The molecule has 2 aromatic rings. The normalized spacial score (nSPS) is 12.3. The third-order valence-electron chi connectivity index (χ3n) is 2.91. The number of hydrogen-bond donors (Lipinski definition) is 1. The van der Waals surface area contributed by atoms with Crippen LogP contribution in [0.5, 0.6) is 0 Å². The summed E-state index contributed by atoms with van der Waals surface area (Å²) in [5, 5.41) is 2.39. The molecule has 2 heteroatoms. The average molecular weight is 227 g/mol. The Morgan fingerprint density at radius 2 is 1.65 bits per heavy atom. The van der Waals surface area contributed by atoms with Gasteiger partial charge < -0.3 is 5.32 Å². The van der Waals surface area contributed by atoms with Gasteiger partial charge in [-0.25, -0.2) is 0 Å². The van der Waals surface area contributed by atoms with Crippen molar-refractivity contribution < 1.29 is 5.32 Å². The van der Waals surface area contributed by atoms with Gasteiger partial charge in [-0.15, -0.1) is 0 Å². The van der Waals surface area contributed by atoms with E-state index in [-0.39, 0.29) is 0 Å². The highest BCUT2D eigenvalue weighted by molar-refractivity contribution is 5.27. The van der Waals surface area contributed by atoms with Gasteiger partial charge in [-0.2, -0.15) is 0 Å². The smallest absolute Gasteiger partial charge is 0.137 e. The Balaban J connectivity index is 2.26. The fourth-order valence-corrected chi connectivity index (χ4v) is 2.03. The minimum absolute atomic E-state index is 0.388. The Morgan fingerprint density at radius 1 is 1.00 bits per heavy atom. The molecule has 0 bridgehead atoms. The van der Waals surface area contributed by atoms with Crippen LogP contribution in [-0.2, 0) is 0 Å². The molecule has 1 aromatic heterocycles. The van der Waals surface area contributed by atoms with Gasteiger partial charge in [-0.05, 0) is 18.6 Å². The van der Waals surface area contributed by atoms with E-state index < -0.39 is 0 Å². The molecule has 0 spiro atoms. The number of hydrogen-bond acceptors (Lipinski definition) is 1. The molecule has 2 nitrogen and oxygen atoms in total. The van der Waals surface area contributed by atoms with Gasteiger partial charge in [0.2, 0.25) is 0 Å². The Labute approximate surface area is 103 Å². The van der Waals surface area contributed by atoms with Gasteiger partial charge in [-0.3, -0.25) is 4.98 Å². The first-order valence-corrected chi connectivity index (χ1v) is 6.20. The van der Waals surface area contributed by atoms with Crippen LogP contribution >= 0.6 is 0 Å². The highest BCUT2D eigenvalue weighted by Crippen LogP contribution is 2.16. The van der Waals surface area contributed by atoms with Crippen LogP contribution in [-0.4, -0.2) is 11.5 Å². The van der Waals surface area contributed by atoms with Crippen molar-refractivity contribution in [1.82, 2.24) is 4.98 Å². The van der Waals surface area contributed by atoms with Gasteiger partial charge in [0.15, 0.2) is 0 Å². The molecule has 0 aliphatic carbocycles. The molecular weight excluding hydrogens is 208 g/mol. The van der Waals surface area contributed by atoms with Crippen molar-refractivity contribution in [3.63, 3.8) is 0 Å². The van der Waals surface area contributed by atoms with Crippen LogP contribution in [0.15, 0.2) is 54.9 Å². The molecule has 2 N–H and O–H groups in total. The Hall–Kier alpha value is -1.67. The lowest BCUT2D eigenvalue weighted by Crippen LogP contribution is -2.85. The summed E-state index contributed by atoms with van der Waals surface area (Å²) in [5.41, 5.74) is 2.67. The second-order valence-electron chi connectivity index (χ2n) is 4.19. The zero-order valence-electron chi connectivity index (χ0n) is 10.2. The average Bonchev–Trinajstić information content (AvgIpc) is 2.42. The van der Waals surface area contributed by atoms with E-state index >= 15 is 0 Å². The number of benzene rings is 1. The maximum atomic E-state index is 4.09. The first-order valence-electron chi connectivity index (χ1n) is 6.20. The summed E-state index contributed by atoms with van der Waals surface area (Å²) < 4.78 is 0. The summed E-state index contributed by atoms with van der Waals surface area (Å²) in [6.45, 7) is 3.35. The van der Waals surface area contributed by atoms with Crippen LogP contribution in [0.25, 0.3) is 0 Å². The number of rotatable bonds is 5. The van der Waals surface area contributed by atoms with Crippen LogP contribution in [0.4, 0.5) is 0 Å². The van der Waals surface area contributed by atoms with Gasteiger partial charge in [0.1, 0.15) is 6.04 Å². The Morgan fingerprint density at radius 3 is 2.29 bits per heavy atom. The van der Waals surface area contributed by atoms with Crippen molar-refractivity contribution in [3.8, 4) is 0 Å². The minimum Gasteiger partial charge on any atom is -0.336 e. The van der Waals surface area contributed by atoms with E-state index in [0.717, 1.165) is 6.54 Å². The maximum absolute atomic E-state index is 4.09. The summed E-state index contributed by atoms with van der Waals surface area (Å²) in [4.78, 5) is 4.09. The third-order valence-corrected chi connectivity index (χ3v) is 2.91. The van der Waals surface area contributed by atoms with Crippen LogP contribution in [0, 0.1) is 0 Å². The van der Waals surface area contributed by atoms with E-state index in [1.165, 1.54) is 17.5 Å². The molecule has 0 radical (unpaired) electrons. The molecular formula is C15H19N2+. The first-order chi connectivity index (χ1) is 8.42. The minimum atomic E-state index is 0.388. The van der Waals surface area contributed by atoms with Crippen LogP contribution < -0.4 is 5.32 Å². The van der Waals surface area contributed by atoms with Crippen molar-refractivity contribution in [3.05, 3.63) is 66.0 Å². The quantitative estimate of drug-likeness (QED) is 0.833. The third kappa shape index (κ3) is 3.14. The number of pyridine rings is 1. The molecule has 2 rings (SSSR count). The van der Waals surface area contributed by atoms with Crippen molar-refractivity contribution >= 4 is 0 Å². The second kappa shape index (κ2) is 6.16. The summed E-state index contributed by atoms with van der Waals surface area (Å²) in [7, 11) is 0. The van der Waals surface area contributed by atoms with E-state index in [0.29, 0.717) is 6.04 Å². The molecule has 0 amide bonds. The van der Waals surface area contributed by atoms with Gasteiger partial charge in [0, 0.05) is 23.5 Å². The molecule has 1 heterocycles. The van der Waals surface area contributed by atoms with E-state index in [1.807, 2.05) is 12.4 Å². The van der Waals surface area contributed by atoms with Crippen molar-refractivity contribution in [2.24, 2.45) is 0 Å². The SMILES string of the molecule is CCC[NH2+][C@H](c1ccccc1)c1ccncc1. The van der Waals surface area contributed by atoms with Crippen molar-refractivity contribution in [2.75, 3.05) is 6.54 Å². The predicted octanol–water partition coefficient (Wildman–Crippen LogP) is 2.14. The largest absolute Gasteiger partial charge is 0.336 e. The molecule has 0 fully saturated rings. The van der Waals surface area contributed by atoms with Gasteiger partial charge in [0.05, 0.1) is 6.54 Å². The first kappa shape index (κ1) is 11.8. The summed E-state index contributed by atoms with van der Waals surface area (Å²) in [6, 6.07) is 15.2. The molecule has 1 aromatic carbocycles. The topological polar surface area (TPSA) is 29.5 Å². The van der Waals surface area contributed by atoms with Crippen molar-refractivity contribution in [2.45, 2.75) is 19.4 Å². The summed E-state index contributed by atoms with van der Waals surface area (Å²) in [6.07, 6.45) is 4.92. The van der Waals surface area contributed by atoms with Crippen LogP contribution in [0.3, 0.4) is 0 Å². The van der Waals surface area contributed by atoms with E-state index in [2.05, 4.69) is 59.7 Å². The fourth-order valence-electron chi connectivity index (χ4n) is 2.03. The molecule has 1 atom stereocenters. The lowest BCUT2D eigenvalue weighted by molar-refractivity contribution is -0.687. The lowest BCUT2D eigenvalue weighted by Gasteiger charge is -2.15. The van der Waals surface area contributed by atoms with Gasteiger partial charge in [-0.1, -0.05) is 37.3 Å². The zero-order chi connectivity index (χ0) is 11.9. The summed E-state index contributed by atoms with van der Waals surface area (Å²) in [5.74, 6) is 0. The van der Waals surface area contributed by atoms with E-state index in [4.69, 9.17) is 0 Å². The second-order valence-corrected chi connectivity index (χ2v) is 4.19. The van der Waals surface area contributed by atoms with Gasteiger partial charge >= 0.3 is 0 Å². The highest BCUT2D eigenvalue weighted by Gasteiger charge is 2.15. The number of aromatic nitrogens is 1. The molecule has 0 unspecified atom stereocenters. The number of nitrogens with zero attached hydrogens (tertiary/aromatic N) is 1. The van der Waals surface area contributed by atoms with Crippen LogP contribution in [0.1, 0.15) is 30.5 Å². The standard InChI is InChI=1S/C15H18N2/c1-2-10-17-15(13-6-4-3-5-7-13)14-8-11-16-12-9-14/h3-9,11-12,15,17H,2,10H2,1H3/p+1/t15-/m1/s1. The lowest BCUT2D eigenvalue weighted by atomic mass is 10.00. The molecule has 0 aliphatic rings. The van der Waals surface area contributed by atoms with Gasteiger partial charge in [0.25, 0.3) is 0 Å². The Kier molecular flexibility index (Phi) is 4.28. The molecule has 0 saturated carbocycles. The fraction of sp³-hybridized carbons (Fsp3) is 0.267. The zero-order valence-corrected chi connectivity index (χ0v) is 10.2. The molecule has 0 saturated heterocycles. The van der Waals surface area contributed by atoms with E-state index in [1.54, 1.807) is 0 Å². The van der Waals surface area contributed by atoms with Crippen molar-refractivity contribution in [1.29, 1.82) is 0 Å². The highest BCUT2D eigenvalue weighted by atomic mass is 14.9. The number of quaternary nitrogens is 1. The Bertz CT molecular complexity index is 386. The number of nitrogens with two attached hydrogens (primary N) is 1. The van der Waals surface area contributed by atoms with Crippen LogP contribution in [0.2, 0.25) is 0 Å².